The van der Waals surface area contributed by atoms with Crippen LogP contribution in [0.4, 0.5) is 14.5 Å². The molecule has 1 aromatic carbocycles. The van der Waals surface area contributed by atoms with Crippen molar-refractivity contribution in [1.82, 2.24) is 0 Å². The summed E-state index contributed by atoms with van der Waals surface area (Å²) in [6.45, 7) is 5.00. The molecule has 124 valence electrons. The zero-order valence-electron chi connectivity index (χ0n) is 13.4. The van der Waals surface area contributed by atoms with Crippen LogP contribution >= 0.6 is 0 Å². The molecule has 0 atom stereocenters. The Morgan fingerprint density at radius 2 is 2.00 bits per heavy atom. The summed E-state index contributed by atoms with van der Waals surface area (Å²) in [5, 5.41) is 3.33. The van der Waals surface area contributed by atoms with Crippen molar-refractivity contribution in [2.75, 3.05) is 5.32 Å². The number of nitrogens with one attached hydrogen (secondary N) is 1. The Morgan fingerprint density at radius 1 is 1.30 bits per heavy atom. The number of anilines is 1. The van der Waals surface area contributed by atoms with Crippen LogP contribution in [-0.2, 0) is 5.92 Å². The third-order valence-electron chi connectivity index (χ3n) is 3.46. The number of hydrogen-bond acceptors (Lipinski definition) is 2. The van der Waals surface area contributed by atoms with E-state index in [0.29, 0.717) is 0 Å². The van der Waals surface area contributed by atoms with Crippen molar-refractivity contribution in [3.63, 3.8) is 0 Å². The van der Waals surface area contributed by atoms with Gasteiger partial charge in [0.25, 0.3) is 0 Å². The van der Waals surface area contributed by atoms with Crippen LogP contribution in [0.25, 0.3) is 0 Å². The van der Waals surface area contributed by atoms with Gasteiger partial charge >= 0.3 is 146 Å². The van der Waals surface area contributed by atoms with Crippen LogP contribution < -0.4 is 26.5 Å². The van der Waals surface area contributed by atoms with Gasteiger partial charge in [0.15, 0.2) is 0 Å². The minimum atomic E-state index is -2.82. The van der Waals surface area contributed by atoms with Crippen molar-refractivity contribution in [3.05, 3.63) is 61.5 Å². The molecule has 0 saturated carbocycles. The van der Waals surface area contributed by atoms with E-state index in [0.717, 1.165) is 36.0 Å². The molecule has 1 aliphatic heterocycles. The molecule has 0 aromatic heterocycles. The Labute approximate surface area is 146 Å². The molecule has 1 aliphatic rings. The fraction of sp³-hybridized carbons (Fsp3) is 0.278. The van der Waals surface area contributed by atoms with Gasteiger partial charge in [-0.2, -0.15) is 0 Å². The Kier molecular flexibility index (Phi) is 6.10. The molecule has 5 heteroatoms. The van der Waals surface area contributed by atoms with Gasteiger partial charge in [-0.15, -0.1) is 0 Å². The third kappa shape index (κ3) is 4.73. The number of halogens is 3. The maximum atomic E-state index is 13.3. The summed E-state index contributed by atoms with van der Waals surface area (Å²) in [5.74, 6) is -2.82. The fourth-order valence-electron chi connectivity index (χ4n) is 2.21. The normalized spacial score (nSPS) is 16.1. The number of alkyl halides is 2. The van der Waals surface area contributed by atoms with Gasteiger partial charge in [-0.05, 0) is 0 Å². The van der Waals surface area contributed by atoms with Gasteiger partial charge in [0.2, 0.25) is 0 Å². The number of nitrogens with zero attached hydrogens (tertiary/aromatic N) is 1. The zero-order chi connectivity index (χ0) is 16.9. The Morgan fingerprint density at radius 3 is 2.57 bits per heavy atom. The van der Waals surface area contributed by atoms with Gasteiger partial charge in [0.05, 0.1) is 0 Å². The predicted octanol–water partition coefficient (Wildman–Crippen LogP) is 2.42. The molecule has 0 aliphatic carbocycles. The van der Waals surface area contributed by atoms with Crippen molar-refractivity contribution < 1.29 is 30.0 Å². The molecule has 0 unspecified atom stereocenters. The molecule has 1 heterocycles. The Bertz CT molecular complexity index is 665. The van der Waals surface area contributed by atoms with Gasteiger partial charge in [0.1, 0.15) is 0 Å². The van der Waals surface area contributed by atoms with E-state index in [9.17, 15) is 8.78 Å². The number of rotatable bonds is 5. The van der Waals surface area contributed by atoms with Crippen LogP contribution in [0.3, 0.4) is 0 Å². The van der Waals surface area contributed by atoms with Crippen molar-refractivity contribution in [1.29, 1.82) is 0 Å². The van der Waals surface area contributed by atoms with E-state index in [4.69, 9.17) is 0 Å². The molecular weight excluding hydrogens is 409 g/mol. The quantitative estimate of drug-likeness (QED) is 0.715. The SMILES string of the molecule is C/C=C(\CC)C1=NC=C[I-]C=C1Nc1ccc(C(C)(F)F)cc1. The predicted molar refractivity (Wildman–Crippen MR) is 88.3 cm³/mol. The van der Waals surface area contributed by atoms with Crippen LogP contribution in [-0.4, -0.2) is 5.71 Å². The Hall–Kier alpha value is -1.50. The van der Waals surface area contributed by atoms with E-state index in [1.807, 2.05) is 13.1 Å². The van der Waals surface area contributed by atoms with Crippen LogP contribution in [0.2, 0.25) is 0 Å². The molecule has 2 nitrogen and oxygen atoms in total. The average molecular weight is 429 g/mol. The summed E-state index contributed by atoms with van der Waals surface area (Å²) < 4.78 is 30.9. The topological polar surface area (TPSA) is 24.4 Å². The van der Waals surface area contributed by atoms with Crippen molar-refractivity contribution in [3.8, 4) is 0 Å². The summed E-state index contributed by atoms with van der Waals surface area (Å²) in [5.41, 5.74) is 3.84. The number of hydrogen-bond donors (Lipinski definition) is 1. The average Bonchev–Trinajstić information content (AvgIpc) is 2.74. The van der Waals surface area contributed by atoms with Gasteiger partial charge < -0.3 is 0 Å². The molecule has 0 fully saturated rings. The van der Waals surface area contributed by atoms with Crippen LogP contribution in [0, 0.1) is 0 Å². The molecular formula is C18H20F2IN2-. The second-order valence-electron chi connectivity index (χ2n) is 5.16. The van der Waals surface area contributed by atoms with Crippen molar-refractivity contribution >= 4 is 11.4 Å². The summed E-state index contributed by atoms with van der Waals surface area (Å²) in [7, 11) is 0. The minimum absolute atomic E-state index is 0.0172. The zero-order valence-corrected chi connectivity index (χ0v) is 15.6. The van der Waals surface area contributed by atoms with Crippen molar-refractivity contribution in [2.24, 2.45) is 4.99 Å². The fourth-order valence-corrected chi connectivity index (χ4v) is 3.57. The van der Waals surface area contributed by atoms with E-state index in [2.05, 4.69) is 31.5 Å². The summed E-state index contributed by atoms with van der Waals surface area (Å²) in [4.78, 5) is 4.54. The first-order valence-corrected chi connectivity index (χ1v) is 9.91. The second-order valence-corrected chi connectivity index (χ2v) is 7.22. The third-order valence-corrected chi connectivity index (χ3v) is 5.18. The van der Waals surface area contributed by atoms with E-state index >= 15 is 0 Å². The van der Waals surface area contributed by atoms with Crippen LogP contribution in [0.1, 0.15) is 32.8 Å². The second kappa shape index (κ2) is 7.86. The molecule has 0 radical (unpaired) electrons. The van der Waals surface area contributed by atoms with E-state index in [1.54, 1.807) is 12.1 Å². The molecule has 0 saturated heterocycles. The van der Waals surface area contributed by atoms with E-state index < -0.39 is 5.92 Å². The van der Waals surface area contributed by atoms with Crippen LogP contribution in [0.15, 0.2) is 61.0 Å². The molecule has 23 heavy (non-hydrogen) atoms. The number of allylic oxidation sites excluding steroid dienone is 2. The summed E-state index contributed by atoms with van der Waals surface area (Å²) in [6.07, 6.45) is 4.81. The van der Waals surface area contributed by atoms with Gasteiger partial charge in [0, 0.05) is 0 Å². The molecule has 2 rings (SSSR count). The first-order chi connectivity index (χ1) is 11.0. The standard InChI is InChI=1S/C18H20F2IN2/c1-4-13(5-2)17-16(12-21-10-11-22-17)23-15-8-6-14(7-9-15)18(3,19)20/h4,6-12,23H,5H2,1-3H3/q-1/b13-4+. The van der Waals surface area contributed by atoms with Crippen molar-refractivity contribution in [2.45, 2.75) is 33.1 Å². The monoisotopic (exact) mass is 429 g/mol. The molecule has 0 bridgehead atoms. The van der Waals surface area contributed by atoms with Crippen LogP contribution in [0.5, 0.6) is 0 Å². The number of aliphatic imine (C=N–C) groups is 1. The summed E-state index contributed by atoms with van der Waals surface area (Å²) >= 11 is -0.207. The molecule has 0 spiro atoms. The molecule has 1 aromatic rings. The molecule has 0 amide bonds. The van der Waals surface area contributed by atoms with Gasteiger partial charge in [-0.3, -0.25) is 0 Å². The summed E-state index contributed by atoms with van der Waals surface area (Å²) in [6, 6.07) is 6.28. The van der Waals surface area contributed by atoms with E-state index in [-0.39, 0.29) is 26.8 Å². The van der Waals surface area contributed by atoms with Gasteiger partial charge in [-0.1, -0.05) is 0 Å². The molecule has 1 N–H and O–H groups in total. The first kappa shape index (κ1) is 17.8. The van der Waals surface area contributed by atoms with Gasteiger partial charge in [-0.25, -0.2) is 0 Å². The first-order valence-electron chi connectivity index (χ1n) is 7.42. The number of benzene rings is 1. The Balaban J connectivity index is 2.25. The van der Waals surface area contributed by atoms with E-state index in [1.165, 1.54) is 12.1 Å². The maximum absolute atomic E-state index is 13.3.